The molecule has 0 aliphatic rings. The molecular weight excluding hydrogens is 284 g/mol. The number of halogens is 1. The molecule has 1 heterocycles. The van der Waals surface area contributed by atoms with E-state index in [1.165, 1.54) is 0 Å². The highest BCUT2D eigenvalue weighted by atomic mass is 79.9. The zero-order valence-electron chi connectivity index (χ0n) is 10.2. The Bertz CT molecular complexity index is 408. The van der Waals surface area contributed by atoms with Crippen LogP contribution >= 0.6 is 15.9 Å². The maximum absolute atomic E-state index is 11.6. The third kappa shape index (κ3) is 4.22. The smallest absolute Gasteiger partial charge is 0.239 e. The van der Waals surface area contributed by atoms with Crippen LogP contribution in [0.5, 0.6) is 0 Å². The van der Waals surface area contributed by atoms with Crippen molar-refractivity contribution in [1.82, 2.24) is 10.3 Å². The first-order valence-corrected chi connectivity index (χ1v) is 6.11. The van der Waals surface area contributed by atoms with Gasteiger partial charge in [-0.25, -0.2) is 4.98 Å². The lowest BCUT2D eigenvalue weighted by atomic mass is 10.3. The number of hydrogen-bond donors (Lipinski definition) is 2. The van der Waals surface area contributed by atoms with Crippen molar-refractivity contribution in [2.75, 3.05) is 24.2 Å². The molecule has 94 valence electrons. The highest BCUT2D eigenvalue weighted by Crippen LogP contribution is 2.22. The van der Waals surface area contributed by atoms with E-state index in [0.29, 0.717) is 11.5 Å². The number of nitrogens with one attached hydrogen (secondary N) is 1. The summed E-state index contributed by atoms with van der Waals surface area (Å²) < 4.78 is 0.818. The van der Waals surface area contributed by atoms with E-state index in [4.69, 9.17) is 5.73 Å². The standard InChI is InChI=1S/C11H17BrN4O/c1-7(2)15-10(17)6-16(3)11-9(13)4-8(12)5-14-11/h4-5,7H,6,13H2,1-3H3,(H,15,17). The van der Waals surface area contributed by atoms with E-state index in [9.17, 15) is 4.79 Å². The molecule has 0 saturated carbocycles. The highest BCUT2D eigenvalue weighted by Gasteiger charge is 2.12. The number of rotatable bonds is 4. The van der Waals surface area contributed by atoms with Crippen molar-refractivity contribution in [3.63, 3.8) is 0 Å². The molecule has 0 saturated heterocycles. The first kappa shape index (κ1) is 13.8. The molecule has 3 N–H and O–H groups in total. The number of nitrogens with two attached hydrogens (primary N) is 1. The molecule has 0 aliphatic heterocycles. The Balaban J connectivity index is 2.69. The molecule has 17 heavy (non-hydrogen) atoms. The normalized spacial score (nSPS) is 10.4. The Morgan fingerprint density at radius 3 is 2.82 bits per heavy atom. The highest BCUT2D eigenvalue weighted by molar-refractivity contribution is 9.10. The predicted molar refractivity (Wildman–Crippen MR) is 72.9 cm³/mol. The number of amides is 1. The molecule has 0 bridgehead atoms. The number of carbonyl (C=O) groups is 1. The van der Waals surface area contributed by atoms with Crippen molar-refractivity contribution in [2.45, 2.75) is 19.9 Å². The fourth-order valence-corrected chi connectivity index (χ4v) is 1.77. The van der Waals surface area contributed by atoms with Crippen LogP contribution in [0.2, 0.25) is 0 Å². The maximum Gasteiger partial charge on any atom is 0.239 e. The van der Waals surface area contributed by atoms with Crippen molar-refractivity contribution in [1.29, 1.82) is 0 Å². The fraction of sp³-hybridized carbons (Fsp3) is 0.455. The summed E-state index contributed by atoms with van der Waals surface area (Å²) in [6.45, 7) is 4.07. The van der Waals surface area contributed by atoms with Gasteiger partial charge in [0.15, 0.2) is 5.82 Å². The first-order valence-electron chi connectivity index (χ1n) is 5.31. The van der Waals surface area contributed by atoms with Gasteiger partial charge in [-0.15, -0.1) is 0 Å². The SMILES string of the molecule is CC(C)NC(=O)CN(C)c1ncc(Br)cc1N. The molecule has 0 atom stereocenters. The topological polar surface area (TPSA) is 71.2 Å². The van der Waals surface area contributed by atoms with Crippen LogP contribution in [0.3, 0.4) is 0 Å². The molecule has 0 fully saturated rings. The third-order valence-corrected chi connectivity index (χ3v) is 2.49. The number of carbonyl (C=O) groups excluding carboxylic acids is 1. The second-order valence-corrected chi connectivity index (χ2v) is 5.06. The van der Waals surface area contributed by atoms with Gasteiger partial charge in [-0.2, -0.15) is 0 Å². The molecule has 1 aromatic heterocycles. The first-order chi connectivity index (χ1) is 7.90. The Morgan fingerprint density at radius 2 is 2.29 bits per heavy atom. The zero-order valence-corrected chi connectivity index (χ0v) is 11.8. The Hall–Kier alpha value is -1.30. The Morgan fingerprint density at radius 1 is 1.65 bits per heavy atom. The van der Waals surface area contributed by atoms with Crippen molar-refractivity contribution in [3.05, 3.63) is 16.7 Å². The quantitative estimate of drug-likeness (QED) is 0.881. The van der Waals surface area contributed by atoms with Gasteiger partial charge in [0, 0.05) is 23.8 Å². The van der Waals surface area contributed by atoms with E-state index in [-0.39, 0.29) is 18.5 Å². The fourth-order valence-electron chi connectivity index (χ4n) is 1.42. The van der Waals surface area contributed by atoms with Crippen molar-refractivity contribution in [2.24, 2.45) is 0 Å². The van der Waals surface area contributed by atoms with Gasteiger partial charge in [0.1, 0.15) is 0 Å². The number of pyridine rings is 1. The third-order valence-electron chi connectivity index (χ3n) is 2.05. The number of likely N-dealkylation sites (N-methyl/N-ethyl adjacent to an activating group) is 1. The zero-order chi connectivity index (χ0) is 13.0. The summed E-state index contributed by atoms with van der Waals surface area (Å²) in [7, 11) is 1.78. The largest absolute Gasteiger partial charge is 0.396 e. The molecule has 0 aromatic carbocycles. The molecule has 0 radical (unpaired) electrons. The van der Waals surface area contributed by atoms with Crippen LogP contribution in [-0.4, -0.2) is 30.5 Å². The van der Waals surface area contributed by atoms with Crippen LogP contribution in [0.25, 0.3) is 0 Å². The second kappa shape index (κ2) is 5.86. The minimum absolute atomic E-state index is 0.0494. The number of hydrogen-bond acceptors (Lipinski definition) is 4. The number of nitrogen functional groups attached to an aromatic ring is 1. The van der Waals surface area contributed by atoms with E-state index >= 15 is 0 Å². The van der Waals surface area contributed by atoms with Gasteiger partial charge < -0.3 is 16.0 Å². The van der Waals surface area contributed by atoms with Gasteiger partial charge in [0.05, 0.1) is 12.2 Å². The average Bonchev–Trinajstić information content (AvgIpc) is 2.15. The molecule has 0 unspecified atom stereocenters. The minimum atomic E-state index is -0.0494. The van der Waals surface area contributed by atoms with Gasteiger partial charge in [-0.3, -0.25) is 4.79 Å². The molecule has 5 nitrogen and oxygen atoms in total. The molecule has 1 aromatic rings. The van der Waals surface area contributed by atoms with Crippen LogP contribution < -0.4 is 16.0 Å². The van der Waals surface area contributed by atoms with Gasteiger partial charge >= 0.3 is 0 Å². The molecule has 0 aliphatic carbocycles. The molecule has 0 spiro atoms. The summed E-state index contributed by atoms with van der Waals surface area (Å²) in [5.74, 6) is 0.554. The van der Waals surface area contributed by atoms with Gasteiger partial charge in [0.25, 0.3) is 0 Å². The van der Waals surface area contributed by atoms with E-state index in [1.807, 2.05) is 13.8 Å². The van der Waals surface area contributed by atoms with E-state index in [0.717, 1.165) is 4.47 Å². The predicted octanol–water partition coefficient (Wildman–Crippen LogP) is 1.39. The maximum atomic E-state index is 11.6. The lowest BCUT2D eigenvalue weighted by Gasteiger charge is -2.20. The van der Waals surface area contributed by atoms with Crippen molar-refractivity contribution in [3.8, 4) is 0 Å². The van der Waals surface area contributed by atoms with Crippen molar-refractivity contribution < 1.29 is 4.79 Å². The lowest BCUT2D eigenvalue weighted by molar-refractivity contribution is -0.120. The molecule has 1 amide bonds. The summed E-state index contributed by atoms with van der Waals surface area (Å²) in [6, 6.07) is 1.89. The summed E-state index contributed by atoms with van der Waals surface area (Å²) in [5, 5.41) is 2.82. The van der Waals surface area contributed by atoms with Crippen LogP contribution in [0.15, 0.2) is 16.7 Å². The van der Waals surface area contributed by atoms with E-state index < -0.39 is 0 Å². The second-order valence-electron chi connectivity index (χ2n) is 4.14. The summed E-state index contributed by atoms with van der Waals surface area (Å²) >= 11 is 3.29. The van der Waals surface area contributed by atoms with Crippen LogP contribution in [0.4, 0.5) is 11.5 Å². The van der Waals surface area contributed by atoms with Gasteiger partial charge in [-0.05, 0) is 35.8 Å². The molecule has 1 rings (SSSR count). The summed E-state index contributed by atoms with van der Waals surface area (Å²) in [4.78, 5) is 17.5. The molecule has 6 heteroatoms. The number of nitrogens with zero attached hydrogens (tertiary/aromatic N) is 2. The molecular formula is C11H17BrN4O. The summed E-state index contributed by atoms with van der Waals surface area (Å²) in [6.07, 6.45) is 1.66. The lowest BCUT2D eigenvalue weighted by Crippen LogP contribution is -2.39. The van der Waals surface area contributed by atoms with Gasteiger partial charge in [-0.1, -0.05) is 0 Å². The monoisotopic (exact) mass is 300 g/mol. The van der Waals surface area contributed by atoms with Crippen molar-refractivity contribution >= 4 is 33.3 Å². The van der Waals surface area contributed by atoms with Crippen LogP contribution in [-0.2, 0) is 4.79 Å². The Kier molecular flexibility index (Phi) is 4.74. The van der Waals surface area contributed by atoms with E-state index in [1.54, 1.807) is 24.2 Å². The summed E-state index contributed by atoms with van der Waals surface area (Å²) in [5.41, 5.74) is 6.37. The average molecular weight is 301 g/mol. The number of anilines is 2. The minimum Gasteiger partial charge on any atom is -0.396 e. The van der Waals surface area contributed by atoms with E-state index in [2.05, 4.69) is 26.2 Å². The number of aromatic nitrogens is 1. The van der Waals surface area contributed by atoms with Crippen LogP contribution in [0.1, 0.15) is 13.8 Å². The van der Waals surface area contributed by atoms with Gasteiger partial charge in [0.2, 0.25) is 5.91 Å². The Labute approximate surface area is 110 Å². The van der Waals surface area contributed by atoms with Crippen LogP contribution in [0, 0.1) is 0 Å².